The van der Waals surface area contributed by atoms with E-state index in [9.17, 15) is 4.79 Å². The Hall–Kier alpha value is -1.30. The van der Waals surface area contributed by atoms with Gasteiger partial charge in [0.05, 0.1) is 0 Å². The summed E-state index contributed by atoms with van der Waals surface area (Å²) in [6, 6.07) is -0.358. The highest BCUT2D eigenvalue weighted by molar-refractivity contribution is 5.76. The standard InChI is InChI=1S/C14H30N4O2/c1-13(2,3)18-10(8-7-9-17-12(15)16)11(19)20-14(4,5)6/h10,18H,7-9H2,1-6H3,(H4,15,16,17). The van der Waals surface area contributed by atoms with Crippen molar-refractivity contribution in [3.8, 4) is 0 Å². The van der Waals surface area contributed by atoms with Crippen LogP contribution in [0.1, 0.15) is 54.4 Å². The van der Waals surface area contributed by atoms with Crippen LogP contribution in [-0.4, -0.2) is 35.7 Å². The molecule has 5 N–H and O–H groups in total. The Morgan fingerprint density at radius 3 is 2.20 bits per heavy atom. The van der Waals surface area contributed by atoms with E-state index in [0.717, 1.165) is 6.42 Å². The van der Waals surface area contributed by atoms with Crippen LogP contribution in [0.15, 0.2) is 0 Å². The van der Waals surface area contributed by atoms with Gasteiger partial charge in [0.25, 0.3) is 0 Å². The first-order chi connectivity index (χ1) is 8.91. The summed E-state index contributed by atoms with van der Waals surface area (Å²) in [4.78, 5) is 12.2. The van der Waals surface area contributed by atoms with Crippen LogP contribution in [0.2, 0.25) is 0 Å². The highest BCUT2D eigenvalue weighted by atomic mass is 16.6. The van der Waals surface area contributed by atoms with Gasteiger partial charge in [-0.25, -0.2) is 0 Å². The second-order valence-corrected chi connectivity index (χ2v) is 6.96. The molecule has 0 aliphatic carbocycles. The lowest BCUT2D eigenvalue weighted by atomic mass is 10.0. The maximum absolute atomic E-state index is 12.2. The molecule has 0 aromatic heterocycles. The van der Waals surface area contributed by atoms with Crippen molar-refractivity contribution in [3.05, 3.63) is 0 Å². The van der Waals surface area contributed by atoms with E-state index >= 15 is 0 Å². The number of esters is 1. The van der Waals surface area contributed by atoms with Gasteiger partial charge in [-0.3, -0.25) is 15.5 Å². The Bertz CT molecular complexity index is 329. The minimum atomic E-state index is -0.494. The maximum atomic E-state index is 12.2. The lowest BCUT2D eigenvalue weighted by Crippen LogP contribution is -2.50. The van der Waals surface area contributed by atoms with Gasteiger partial charge in [0.1, 0.15) is 11.6 Å². The largest absolute Gasteiger partial charge is 0.459 e. The predicted octanol–water partition coefficient (Wildman–Crippen LogP) is 1.35. The molecule has 0 aliphatic rings. The summed E-state index contributed by atoms with van der Waals surface area (Å²) in [5.41, 5.74) is 4.55. The van der Waals surface area contributed by atoms with Gasteiger partial charge < -0.3 is 15.8 Å². The van der Waals surface area contributed by atoms with Crippen molar-refractivity contribution in [2.45, 2.75) is 71.6 Å². The average Bonchev–Trinajstić information content (AvgIpc) is 2.17. The third-order valence-corrected chi connectivity index (χ3v) is 2.28. The molecule has 20 heavy (non-hydrogen) atoms. The molecule has 0 saturated carbocycles. The summed E-state index contributed by atoms with van der Waals surface area (Å²) in [5.74, 6) is -0.294. The van der Waals surface area contributed by atoms with Crippen LogP contribution in [0.25, 0.3) is 0 Å². The van der Waals surface area contributed by atoms with Gasteiger partial charge >= 0.3 is 5.97 Å². The van der Waals surface area contributed by atoms with Gasteiger partial charge in [-0.2, -0.15) is 0 Å². The lowest BCUT2D eigenvalue weighted by molar-refractivity contribution is -0.158. The molecule has 0 aromatic carbocycles. The molecule has 0 spiro atoms. The van der Waals surface area contributed by atoms with Gasteiger partial charge in [0, 0.05) is 12.1 Å². The number of carbonyl (C=O) groups excluding carboxylic acids is 1. The van der Waals surface area contributed by atoms with Crippen LogP contribution in [0, 0.1) is 5.41 Å². The van der Waals surface area contributed by atoms with Crippen molar-refractivity contribution in [3.63, 3.8) is 0 Å². The van der Waals surface area contributed by atoms with Crippen LogP contribution in [0.5, 0.6) is 0 Å². The highest BCUT2D eigenvalue weighted by Crippen LogP contribution is 2.13. The van der Waals surface area contributed by atoms with E-state index in [4.69, 9.17) is 15.9 Å². The van der Waals surface area contributed by atoms with Gasteiger partial charge in [0.2, 0.25) is 0 Å². The molecular formula is C14H30N4O2. The second-order valence-electron chi connectivity index (χ2n) is 6.96. The SMILES string of the molecule is CC(C)(C)NC(CCCNC(=N)N)C(=O)OC(C)(C)C. The number of hydrogen-bond acceptors (Lipinski definition) is 4. The van der Waals surface area contributed by atoms with E-state index in [-0.39, 0.29) is 23.5 Å². The molecule has 0 aromatic rings. The highest BCUT2D eigenvalue weighted by Gasteiger charge is 2.27. The van der Waals surface area contributed by atoms with Gasteiger partial charge in [-0.05, 0) is 54.4 Å². The molecule has 0 rings (SSSR count). The summed E-state index contributed by atoms with van der Waals surface area (Å²) < 4.78 is 5.44. The quantitative estimate of drug-likeness (QED) is 0.255. The summed E-state index contributed by atoms with van der Waals surface area (Å²) >= 11 is 0. The Morgan fingerprint density at radius 2 is 1.80 bits per heavy atom. The molecule has 0 radical (unpaired) electrons. The van der Waals surface area contributed by atoms with E-state index in [1.54, 1.807) is 0 Å². The van der Waals surface area contributed by atoms with Crippen LogP contribution < -0.4 is 16.4 Å². The maximum Gasteiger partial charge on any atom is 0.323 e. The third kappa shape index (κ3) is 10.6. The minimum absolute atomic E-state index is 0.0531. The fraction of sp³-hybridized carbons (Fsp3) is 0.857. The predicted molar refractivity (Wildman–Crippen MR) is 81.7 cm³/mol. The molecular weight excluding hydrogens is 256 g/mol. The van der Waals surface area contributed by atoms with Crippen molar-refractivity contribution in [1.29, 1.82) is 5.41 Å². The average molecular weight is 286 g/mol. The van der Waals surface area contributed by atoms with E-state index in [1.807, 2.05) is 41.5 Å². The fourth-order valence-corrected chi connectivity index (χ4v) is 1.67. The molecule has 0 amide bonds. The normalized spacial score (nSPS) is 13.7. The van der Waals surface area contributed by atoms with Gasteiger partial charge in [0.15, 0.2) is 5.96 Å². The lowest BCUT2D eigenvalue weighted by Gasteiger charge is -2.30. The van der Waals surface area contributed by atoms with Gasteiger partial charge in [-0.1, -0.05) is 0 Å². The molecule has 0 bridgehead atoms. The first-order valence-electron chi connectivity index (χ1n) is 6.99. The van der Waals surface area contributed by atoms with Crippen molar-refractivity contribution < 1.29 is 9.53 Å². The number of ether oxygens (including phenoxy) is 1. The Morgan fingerprint density at radius 1 is 1.25 bits per heavy atom. The summed E-state index contributed by atoms with van der Waals surface area (Å²) in [5, 5.41) is 13.1. The van der Waals surface area contributed by atoms with E-state index in [2.05, 4.69) is 10.6 Å². The Balaban J connectivity index is 4.49. The molecule has 118 valence electrons. The zero-order chi connectivity index (χ0) is 16.0. The van der Waals surface area contributed by atoms with E-state index in [1.165, 1.54) is 0 Å². The van der Waals surface area contributed by atoms with Crippen molar-refractivity contribution in [1.82, 2.24) is 10.6 Å². The molecule has 1 unspecified atom stereocenters. The first kappa shape index (κ1) is 18.7. The number of rotatable bonds is 6. The number of nitrogens with two attached hydrogens (primary N) is 1. The van der Waals surface area contributed by atoms with Gasteiger partial charge in [-0.15, -0.1) is 0 Å². The van der Waals surface area contributed by atoms with Crippen LogP contribution >= 0.6 is 0 Å². The molecule has 6 nitrogen and oxygen atoms in total. The molecule has 0 aliphatic heterocycles. The van der Waals surface area contributed by atoms with E-state index in [0.29, 0.717) is 13.0 Å². The zero-order valence-electron chi connectivity index (χ0n) is 13.6. The second kappa shape index (κ2) is 7.47. The number of nitrogens with one attached hydrogen (secondary N) is 3. The smallest absolute Gasteiger partial charge is 0.323 e. The summed E-state index contributed by atoms with van der Waals surface area (Å²) in [7, 11) is 0. The summed E-state index contributed by atoms with van der Waals surface area (Å²) in [6.45, 7) is 12.2. The third-order valence-electron chi connectivity index (χ3n) is 2.28. The minimum Gasteiger partial charge on any atom is -0.459 e. The fourth-order valence-electron chi connectivity index (χ4n) is 1.67. The van der Waals surface area contributed by atoms with Crippen molar-refractivity contribution in [2.24, 2.45) is 5.73 Å². The van der Waals surface area contributed by atoms with Crippen molar-refractivity contribution in [2.75, 3.05) is 6.54 Å². The van der Waals surface area contributed by atoms with Crippen LogP contribution in [0.3, 0.4) is 0 Å². The number of hydrogen-bond donors (Lipinski definition) is 4. The topological polar surface area (TPSA) is 100 Å². The molecule has 0 heterocycles. The van der Waals surface area contributed by atoms with Crippen LogP contribution in [-0.2, 0) is 9.53 Å². The Labute approximate surface area is 122 Å². The van der Waals surface area contributed by atoms with Crippen molar-refractivity contribution >= 4 is 11.9 Å². The number of guanidine groups is 1. The molecule has 0 fully saturated rings. The number of carbonyl (C=O) groups is 1. The molecule has 0 saturated heterocycles. The van der Waals surface area contributed by atoms with Crippen LogP contribution in [0.4, 0.5) is 0 Å². The molecule has 1 atom stereocenters. The molecule has 6 heteroatoms. The Kier molecular flexibility index (Phi) is 6.99. The first-order valence-corrected chi connectivity index (χ1v) is 6.99. The van der Waals surface area contributed by atoms with E-state index < -0.39 is 5.60 Å². The monoisotopic (exact) mass is 286 g/mol. The zero-order valence-corrected chi connectivity index (χ0v) is 13.6. The summed E-state index contributed by atoms with van der Waals surface area (Å²) in [6.07, 6.45) is 1.36.